The molecule has 1 atom stereocenters. The van der Waals surface area contributed by atoms with Crippen LogP contribution in [0.5, 0.6) is 0 Å². The topological polar surface area (TPSA) is 89.9 Å². The zero-order chi connectivity index (χ0) is 13.0. The number of aliphatic hydroxyl groups excluding tert-OH is 1. The van der Waals surface area contributed by atoms with Gasteiger partial charge in [0.25, 0.3) is 0 Å². The molecule has 7 nitrogen and oxygen atoms in total. The van der Waals surface area contributed by atoms with Gasteiger partial charge in [0.05, 0.1) is 12.3 Å². The first-order chi connectivity index (χ1) is 8.69. The summed E-state index contributed by atoms with van der Waals surface area (Å²) in [6.45, 7) is 4.14. The van der Waals surface area contributed by atoms with Crippen molar-refractivity contribution in [2.24, 2.45) is 0 Å². The molecule has 1 N–H and O–H groups in total. The molecule has 0 saturated carbocycles. The first-order valence-electron chi connectivity index (χ1n) is 6.08. The number of aliphatic hydroxyl groups is 1. The Hall–Kier alpha value is -1.76. The van der Waals surface area contributed by atoms with E-state index < -0.39 is 6.10 Å². The van der Waals surface area contributed by atoms with Gasteiger partial charge in [-0.15, -0.1) is 5.10 Å². The monoisotopic (exact) mass is 251 g/mol. The standard InChI is InChI=1S/C11H17N5O2/c1-3-4-5-10-12-11(18-14-10)7-16-6-9(8(2)17)13-15-16/h6,8,17H,3-5,7H2,1-2H3. The van der Waals surface area contributed by atoms with Gasteiger partial charge in [0.1, 0.15) is 12.2 Å². The Morgan fingerprint density at radius 1 is 1.50 bits per heavy atom. The summed E-state index contributed by atoms with van der Waals surface area (Å²) in [6, 6.07) is 0. The highest BCUT2D eigenvalue weighted by atomic mass is 16.5. The number of nitrogens with zero attached hydrogens (tertiary/aromatic N) is 5. The number of aryl methyl sites for hydroxylation is 1. The van der Waals surface area contributed by atoms with Crippen LogP contribution in [0.3, 0.4) is 0 Å². The number of hydrogen-bond donors (Lipinski definition) is 1. The molecule has 0 spiro atoms. The van der Waals surface area contributed by atoms with Crippen LogP contribution in [-0.4, -0.2) is 30.2 Å². The molecular weight excluding hydrogens is 234 g/mol. The van der Waals surface area contributed by atoms with Gasteiger partial charge in [-0.25, -0.2) is 4.68 Å². The van der Waals surface area contributed by atoms with Crippen molar-refractivity contribution in [1.29, 1.82) is 0 Å². The maximum atomic E-state index is 9.34. The van der Waals surface area contributed by atoms with E-state index in [-0.39, 0.29) is 0 Å². The highest BCUT2D eigenvalue weighted by molar-refractivity contribution is 4.97. The molecule has 2 aromatic heterocycles. The van der Waals surface area contributed by atoms with Crippen LogP contribution in [0.4, 0.5) is 0 Å². The van der Waals surface area contributed by atoms with Crippen molar-refractivity contribution in [1.82, 2.24) is 25.1 Å². The molecule has 2 rings (SSSR count). The minimum atomic E-state index is -0.624. The molecule has 98 valence electrons. The molecule has 0 radical (unpaired) electrons. The molecule has 0 fully saturated rings. The highest BCUT2D eigenvalue weighted by Gasteiger charge is 2.10. The molecule has 0 aliphatic carbocycles. The summed E-state index contributed by atoms with van der Waals surface area (Å²) in [5.74, 6) is 1.23. The fourth-order valence-corrected chi connectivity index (χ4v) is 1.51. The average Bonchev–Trinajstić information content (AvgIpc) is 2.96. The largest absolute Gasteiger partial charge is 0.387 e. The third-order valence-corrected chi connectivity index (χ3v) is 2.55. The van der Waals surface area contributed by atoms with Gasteiger partial charge < -0.3 is 9.63 Å². The summed E-state index contributed by atoms with van der Waals surface area (Å²) in [7, 11) is 0. The molecule has 0 aromatic carbocycles. The fraction of sp³-hybridized carbons (Fsp3) is 0.636. The fourth-order valence-electron chi connectivity index (χ4n) is 1.51. The molecule has 0 saturated heterocycles. The van der Waals surface area contributed by atoms with Crippen LogP contribution in [-0.2, 0) is 13.0 Å². The van der Waals surface area contributed by atoms with Crippen molar-refractivity contribution in [3.8, 4) is 0 Å². The van der Waals surface area contributed by atoms with Crippen LogP contribution >= 0.6 is 0 Å². The third-order valence-electron chi connectivity index (χ3n) is 2.55. The Morgan fingerprint density at radius 3 is 3.00 bits per heavy atom. The summed E-state index contributed by atoms with van der Waals surface area (Å²) < 4.78 is 6.69. The Morgan fingerprint density at radius 2 is 2.33 bits per heavy atom. The van der Waals surface area contributed by atoms with E-state index >= 15 is 0 Å². The van der Waals surface area contributed by atoms with E-state index in [1.165, 1.54) is 0 Å². The molecule has 1 unspecified atom stereocenters. The lowest BCUT2D eigenvalue weighted by molar-refractivity contribution is 0.194. The average molecular weight is 251 g/mol. The van der Waals surface area contributed by atoms with Crippen molar-refractivity contribution >= 4 is 0 Å². The van der Waals surface area contributed by atoms with Crippen molar-refractivity contribution in [3.05, 3.63) is 23.6 Å². The molecule has 0 amide bonds. The van der Waals surface area contributed by atoms with Crippen molar-refractivity contribution in [2.75, 3.05) is 0 Å². The van der Waals surface area contributed by atoms with Gasteiger partial charge in [-0.3, -0.25) is 0 Å². The molecule has 2 aromatic rings. The van der Waals surface area contributed by atoms with Crippen molar-refractivity contribution in [3.63, 3.8) is 0 Å². The number of unbranched alkanes of at least 4 members (excludes halogenated alkanes) is 1. The Balaban J connectivity index is 1.97. The minimum Gasteiger partial charge on any atom is -0.387 e. The maximum Gasteiger partial charge on any atom is 0.248 e. The van der Waals surface area contributed by atoms with Gasteiger partial charge in [0.15, 0.2) is 5.82 Å². The molecular formula is C11H17N5O2. The summed E-state index contributed by atoms with van der Waals surface area (Å²) in [6.07, 6.45) is 4.03. The van der Waals surface area contributed by atoms with Gasteiger partial charge in [0.2, 0.25) is 5.89 Å². The molecule has 0 bridgehead atoms. The van der Waals surface area contributed by atoms with Gasteiger partial charge >= 0.3 is 0 Å². The van der Waals surface area contributed by atoms with Crippen molar-refractivity contribution in [2.45, 2.75) is 45.8 Å². The van der Waals surface area contributed by atoms with Crippen LogP contribution in [0.2, 0.25) is 0 Å². The number of aromatic nitrogens is 5. The Kier molecular flexibility index (Phi) is 4.03. The van der Waals surface area contributed by atoms with Gasteiger partial charge in [-0.2, -0.15) is 4.98 Å². The zero-order valence-corrected chi connectivity index (χ0v) is 10.6. The van der Waals surface area contributed by atoms with Crippen LogP contribution in [0, 0.1) is 0 Å². The van der Waals surface area contributed by atoms with E-state index in [9.17, 15) is 5.11 Å². The van der Waals surface area contributed by atoms with Crippen LogP contribution in [0.25, 0.3) is 0 Å². The third kappa shape index (κ3) is 3.13. The summed E-state index contributed by atoms with van der Waals surface area (Å²) in [5.41, 5.74) is 0.528. The molecule has 18 heavy (non-hydrogen) atoms. The summed E-state index contributed by atoms with van der Waals surface area (Å²) in [5, 5.41) is 21.0. The lowest BCUT2D eigenvalue weighted by Crippen LogP contribution is -2.01. The lowest BCUT2D eigenvalue weighted by Gasteiger charge is -1.95. The van der Waals surface area contributed by atoms with Gasteiger partial charge in [0, 0.05) is 6.42 Å². The second-order valence-corrected chi connectivity index (χ2v) is 4.22. The van der Waals surface area contributed by atoms with Crippen LogP contribution in [0.15, 0.2) is 10.7 Å². The summed E-state index contributed by atoms with van der Waals surface area (Å²) in [4.78, 5) is 4.27. The lowest BCUT2D eigenvalue weighted by atomic mass is 10.2. The minimum absolute atomic E-state index is 0.374. The van der Waals surface area contributed by atoms with Gasteiger partial charge in [-0.1, -0.05) is 23.7 Å². The second kappa shape index (κ2) is 5.72. The Bertz CT molecular complexity index is 491. The predicted octanol–water partition coefficient (Wildman–Crippen LogP) is 1.11. The zero-order valence-electron chi connectivity index (χ0n) is 10.6. The molecule has 0 aliphatic heterocycles. The number of hydrogen-bond acceptors (Lipinski definition) is 6. The first-order valence-corrected chi connectivity index (χ1v) is 6.08. The SMILES string of the molecule is CCCCc1noc(Cn2cc(C(C)O)nn2)n1. The maximum absolute atomic E-state index is 9.34. The van der Waals surface area contributed by atoms with E-state index in [1.54, 1.807) is 17.8 Å². The van der Waals surface area contributed by atoms with E-state index in [0.717, 1.165) is 25.1 Å². The molecule has 0 aliphatic rings. The smallest absolute Gasteiger partial charge is 0.248 e. The Labute approximate surface area is 105 Å². The quantitative estimate of drug-likeness (QED) is 0.827. The van der Waals surface area contributed by atoms with Crippen LogP contribution < -0.4 is 0 Å². The van der Waals surface area contributed by atoms with Crippen LogP contribution in [0.1, 0.15) is 50.2 Å². The van der Waals surface area contributed by atoms with E-state index in [1.807, 2.05) is 0 Å². The second-order valence-electron chi connectivity index (χ2n) is 4.22. The summed E-state index contributed by atoms with van der Waals surface area (Å²) >= 11 is 0. The number of rotatable bonds is 6. The van der Waals surface area contributed by atoms with E-state index in [4.69, 9.17) is 4.52 Å². The first kappa shape index (κ1) is 12.7. The van der Waals surface area contributed by atoms with E-state index in [0.29, 0.717) is 18.1 Å². The molecule has 2 heterocycles. The normalized spacial score (nSPS) is 12.8. The van der Waals surface area contributed by atoms with E-state index in [2.05, 4.69) is 27.4 Å². The van der Waals surface area contributed by atoms with Gasteiger partial charge in [-0.05, 0) is 13.3 Å². The highest BCUT2D eigenvalue weighted by Crippen LogP contribution is 2.08. The van der Waals surface area contributed by atoms with Crippen molar-refractivity contribution < 1.29 is 9.63 Å². The molecule has 7 heteroatoms. The predicted molar refractivity (Wildman–Crippen MR) is 62.7 cm³/mol.